The lowest BCUT2D eigenvalue weighted by atomic mass is 9.89. The molecule has 0 bridgehead atoms. The molecule has 2 aromatic heterocycles. The Morgan fingerprint density at radius 3 is 2.88 bits per heavy atom. The van der Waals surface area contributed by atoms with E-state index >= 15 is 0 Å². The Labute approximate surface area is 155 Å². The van der Waals surface area contributed by atoms with Gasteiger partial charge >= 0.3 is 6.03 Å². The third-order valence-electron chi connectivity index (χ3n) is 4.38. The topological polar surface area (TPSA) is 58.1 Å². The molecule has 5 nitrogen and oxygen atoms in total. The SMILES string of the molecule is CCC1c2ccnc(F)c2CC(C)N1C(=O)Nc1cnc(Cl)c(Cl)c1. The number of nitrogens with one attached hydrogen (secondary N) is 1. The molecule has 0 saturated carbocycles. The molecule has 0 saturated heterocycles. The Bertz CT molecular complexity index is 817. The van der Waals surface area contributed by atoms with E-state index in [9.17, 15) is 9.18 Å². The van der Waals surface area contributed by atoms with Crippen molar-refractivity contribution >= 4 is 34.9 Å². The van der Waals surface area contributed by atoms with E-state index < -0.39 is 5.95 Å². The number of hydrogen-bond donors (Lipinski definition) is 1. The second kappa shape index (κ2) is 7.14. The number of carbonyl (C=O) groups is 1. The lowest BCUT2D eigenvalue weighted by molar-refractivity contribution is 0.147. The number of halogens is 3. The van der Waals surface area contributed by atoms with Crippen LogP contribution in [0.3, 0.4) is 0 Å². The van der Waals surface area contributed by atoms with Crippen LogP contribution in [0.25, 0.3) is 0 Å². The van der Waals surface area contributed by atoms with Crippen molar-refractivity contribution < 1.29 is 9.18 Å². The van der Waals surface area contributed by atoms with Gasteiger partial charge in [-0.15, -0.1) is 0 Å². The zero-order valence-electron chi connectivity index (χ0n) is 13.8. The molecule has 1 aliphatic rings. The van der Waals surface area contributed by atoms with Gasteiger partial charge in [0.1, 0.15) is 5.15 Å². The van der Waals surface area contributed by atoms with Crippen molar-refractivity contribution in [3.05, 3.63) is 51.8 Å². The van der Waals surface area contributed by atoms with Crippen LogP contribution in [0, 0.1) is 5.95 Å². The smallest absolute Gasteiger partial charge is 0.314 e. The first-order valence-corrected chi connectivity index (χ1v) is 8.71. The Kier molecular flexibility index (Phi) is 5.11. The third-order valence-corrected chi connectivity index (χ3v) is 5.06. The number of nitrogens with zero attached hydrogens (tertiary/aromatic N) is 3. The fourth-order valence-electron chi connectivity index (χ4n) is 3.28. The van der Waals surface area contributed by atoms with E-state index in [4.69, 9.17) is 23.2 Å². The van der Waals surface area contributed by atoms with Crippen LogP contribution < -0.4 is 5.32 Å². The molecule has 2 amide bonds. The molecule has 0 spiro atoms. The summed E-state index contributed by atoms with van der Waals surface area (Å²) in [7, 11) is 0. The van der Waals surface area contributed by atoms with Crippen molar-refractivity contribution in [3.8, 4) is 0 Å². The van der Waals surface area contributed by atoms with Crippen LogP contribution in [0.15, 0.2) is 24.5 Å². The van der Waals surface area contributed by atoms with Gasteiger partial charge in [0.15, 0.2) is 0 Å². The lowest BCUT2D eigenvalue weighted by Gasteiger charge is -2.41. The van der Waals surface area contributed by atoms with Gasteiger partial charge in [-0.05, 0) is 37.5 Å². The number of urea groups is 1. The van der Waals surface area contributed by atoms with Crippen LogP contribution in [0.5, 0.6) is 0 Å². The molecule has 0 radical (unpaired) electrons. The van der Waals surface area contributed by atoms with Crippen molar-refractivity contribution in [2.45, 2.75) is 38.8 Å². The molecule has 8 heteroatoms. The second-order valence-electron chi connectivity index (χ2n) is 5.98. The van der Waals surface area contributed by atoms with Gasteiger partial charge in [-0.25, -0.2) is 14.8 Å². The van der Waals surface area contributed by atoms with E-state index in [2.05, 4.69) is 15.3 Å². The fourth-order valence-corrected chi connectivity index (χ4v) is 3.55. The number of aromatic nitrogens is 2. The van der Waals surface area contributed by atoms with E-state index in [1.54, 1.807) is 17.0 Å². The summed E-state index contributed by atoms with van der Waals surface area (Å²) in [6, 6.07) is 2.63. The van der Waals surface area contributed by atoms with Crippen LogP contribution in [0.1, 0.15) is 37.4 Å². The molecular weight excluding hydrogens is 366 g/mol. The monoisotopic (exact) mass is 382 g/mol. The molecule has 0 aromatic carbocycles. The number of pyridine rings is 2. The summed E-state index contributed by atoms with van der Waals surface area (Å²) < 4.78 is 14.0. The average Bonchev–Trinajstić information content (AvgIpc) is 2.57. The van der Waals surface area contributed by atoms with E-state index in [1.165, 1.54) is 12.4 Å². The maximum atomic E-state index is 14.0. The molecule has 2 aromatic rings. The maximum Gasteiger partial charge on any atom is 0.322 e. The van der Waals surface area contributed by atoms with Crippen molar-refractivity contribution in [2.24, 2.45) is 0 Å². The van der Waals surface area contributed by atoms with Gasteiger partial charge in [-0.3, -0.25) is 0 Å². The van der Waals surface area contributed by atoms with Crippen molar-refractivity contribution in [1.82, 2.24) is 14.9 Å². The number of amides is 2. The van der Waals surface area contributed by atoms with Gasteiger partial charge in [0, 0.05) is 17.8 Å². The van der Waals surface area contributed by atoms with Gasteiger partial charge in [0.2, 0.25) is 5.95 Å². The molecule has 3 rings (SSSR count). The average molecular weight is 383 g/mol. The quantitative estimate of drug-likeness (QED) is 0.754. The first-order chi connectivity index (χ1) is 11.9. The Balaban J connectivity index is 1.89. The Morgan fingerprint density at radius 1 is 1.44 bits per heavy atom. The van der Waals surface area contributed by atoms with Gasteiger partial charge in [-0.1, -0.05) is 30.1 Å². The van der Waals surface area contributed by atoms with Crippen molar-refractivity contribution in [3.63, 3.8) is 0 Å². The highest BCUT2D eigenvalue weighted by atomic mass is 35.5. The summed E-state index contributed by atoms with van der Waals surface area (Å²) in [5.74, 6) is -0.462. The molecular formula is C17H17Cl2FN4O. The van der Waals surface area contributed by atoms with Gasteiger partial charge in [0.25, 0.3) is 0 Å². The standard InChI is InChI=1S/C17H17Cl2FN4O/c1-3-14-11-4-5-21-16(20)12(11)6-9(2)24(14)17(25)23-10-7-13(18)15(19)22-8-10/h4-5,7-9,14H,3,6H2,1-2H3,(H,23,25). The van der Waals surface area contributed by atoms with E-state index in [1.807, 2.05) is 13.8 Å². The van der Waals surface area contributed by atoms with Crippen LogP contribution in [0.2, 0.25) is 10.2 Å². The van der Waals surface area contributed by atoms with E-state index in [0.717, 1.165) is 5.56 Å². The highest BCUT2D eigenvalue weighted by Crippen LogP contribution is 2.36. The van der Waals surface area contributed by atoms with Crippen molar-refractivity contribution in [1.29, 1.82) is 0 Å². The van der Waals surface area contributed by atoms with Crippen LogP contribution in [0.4, 0.5) is 14.9 Å². The number of hydrogen-bond acceptors (Lipinski definition) is 3. The van der Waals surface area contributed by atoms with Crippen LogP contribution in [-0.2, 0) is 6.42 Å². The lowest BCUT2D eigenvalue weighted by Crippen LogP contribution is -2.48. The first-order valence-electron chi connectivity index (χ1n) is 7.96. The second-order valence-corrected chi connectivity index (χ2v) is 6.75. The minimum absolute atomic E-state index is 0.174. The highest BCUT2D eigenvalue weighted by Gasteiger charge is 2.36. The number of carbonyl (C=O) groups excluding carboxylic acids is 1. The van der Waals surface area contributed by atoms with Crippen LogP contribution >= 0.6 is 23.2 Å². The summed E-state index contributed by atoms with van der Waals surface area (Å²) in [5.41, 5.74) is 1.84. The summed E-state index contributed by atoms with van der Waals surface area (Å²) >= 11 is 11.7. The highest BCUT2D eigenvalue weighted by molar-refractivity contribution is 6.41. The zero-order chi connectivity index (χ0) is 18.1. The number of anilines is 1. The Morgan fingerprint density at radius 2 is 2.20 bits per heavy atom. The maximum absolute atomic E-state index is 14.0. The van der Waals surface area contributed by atoms with Gasteiger partial charge < -0.3 is 10.2 Å². The zero-order valence-corrected chi connectivity index (χ0v) is 15.3. The molecule has 132 valence electrons. The van der Waals surface area contributed by atoms with Crippen LogP contribution in [-0.4, -0.2) is 26.9 Å². The fraction of sp³-hybridized carbons (Fsp3) is 0.353. The molecule has 2 unspecified atom stereocenters. The predicted molar refractivity (Wildman–Crippen MR) is 95.5 cm³/mol. The summed E-state index contributed by atoms with van der Waals surface area (Å²) in [6.45, 7) is 3.86. The van der Waals surface area contributed by atoms with Crippen molar-refractivity contribution in [2.75, 3.05) is 5.32 Å². The number of fused-ring (bicyclic) bond motifs is 1. The summed E-state index contributed by atoms with van der Waals surface area (Å²) in [6.07, 6.45) is 3.96. The summed E-state index contributed by atoms with van der Waals surface area (Å²) in [4.78, 5) is 22.2. The minimum atomic E-state index is -0.462. The minimum Gasteiger partial charge on any atom is -0.314 e. The Hall–Kier alpha value is -1.92. The van der Waals surface area contributed by atoms with E-state index in [0.29, 0.717) is 24.1 Å². The molecule has 1 N–H and O–H groups in total. The largest absolute Gasteiger partial charge is 0.322 e. The molecule has 0 fully saturated rings. The first kappa shape index (κ1) is 17.9. The predicted octanol–water partition coefficient (Wildman–Crippen LogP) is 4.85. The third kappa shape index (κ3) is 3.41. The molecule has 3 heterocycles. The molecule has 0 aliphatic carbocycles. The van der Waals surface area contributed by atoms with Gasteiger partial charge in [-0.2, -0.15) is 4.39 Å². The molecule has 25 heavy (non-hydrogen) atoms. The van der Waals surface area contributed by atoms with Gasteiger partial charge in [0.05, 0.1) is 22.9 Å². The number of rotatable bonds is 2. The summed E-state index contributed by atoms with van der Waals surface area (Å²) in [5, 5.41) is 3.23. The normalized spacial score (nSPS) is 19.5. The van der Waals surface area contributed by atoms with E-state index in [-0.39, 0.29) is 28.3 Å². The molecule has 1 aliphatic heterocycles. The molecule has 2 atom stereocenters.